The van der Waals surface area contributed by atoms with Gasteiger partial charge in [-0.2, -0.15) is 0 Å². The number of rotatable bonds is 6. The van der Waals surface area contributed by atoms with Crippen molar-refractivity contribution in [2.75, 3.05) is 31.5 Å². The highest BCUT2D eigenvalue weighted by Gasteiger charge is 2.29. The topological polar surface area (TPSA) is 49.9 Å². The number of anilines is 1. The Morgan fingerprint density at radius 3 is 2.50 bits per heavy atom. The van der Waals surface area contributed by atoms with Gasteiger partial charge in [0.05, 0.1) is 15.6 Å². The summed E-state index contributed by atoms with van der Waals surface area (Å²) < 4.78 is 33.9. The van der Waals surface area contributed by atoms with Crippen LogP contribution in [0.3, 0.4) is 0 Å². The first-order valence-electron chi connectivity index (χ1n) is 8.50. The standard InChI is InChI=1S/C19H23ClN2O3S/c1-14-11-15-12-17(13-18(20)19(15)25-14)26(23,24)22(10-9-21(2)3)16-7-5-4-6-8-16/h4-8,12-14H,9-11H2,1-3H3. The third-order valence-corrected chi connectivity index (χ3v) is 6.39. The van der Waals surface area contributed by atoms with Crippen LogP contribution in [0.2, 0.25) is 5.02 Å². The molecule has 0 amide bonds. The number of hydrogen-bond acceptors (Lipinski definition) is 4. The summed E-state index contributed by atoms with van der Waals surface area (Å²) in [5.41, 5.74) is 1.47. The van der Waals surface area contributed by atoms with Crippen LogP contribution in [0.15, 0.2) is 47.4 Å². The number of hydrogen-bond donors (Lipinski definition) is 0. The summed E-state index contributed by atoms with van der Waals surface area (Å²) in [4.78, 5) is 2.15. The van der Waals surface area contributed by atoms with Crippen molar-refractivity contribution in [3.8, 4) is 5.75 Å². The Morgan fingerprint density at radius 2 is 1.85 bits per heavy atom. The number of ether oxygens (including phenoxy) is 1. The molecule has 0 N–H and O–H groups in total. The van der Waals surface area contributed by atoms with Crippen molar-refractivity contribution in [3.05, 3.63) is 53.1 Å². The van der Waals surface area contributed by atoms with Crippen molar-refractivity contribution in [2.45, 2.75) is 24.3 Å². The molecule has 5 nitrogen and oxygen atoms in total. The molecule has 0 bridgehead atoms. The predicted octanol–water partition coefficient (Wildman–Crippen LogP) is 3.42. The van der Waals surface area contributed by atoms with Crippen LogP contribution in [-0.2, 0) is 16.4 Å². The van der Waals surface area contributed by atoms with Gasteiger partial charge < -0.3 is 9.64 Å². The third-order valence-electron chi connectivity index (χ3n) is 4.30. The average molecular weight is 395 g/mol. The zero-order chi connectivity index (χ0) is 18.9. The Kier molecular flexibility index (Phi) is 5.46. The van der Waals surface area contributed by atoms with Gasteiger partial charge in [0.2, 0.25) is 0 Å². The minimum absolute atomic E-state index is 0.000536. The summed E-state index contributed by atoms with van der Waals surface area (Å²) >= 11 is 6.31. The maximum atomic E-state index is 13.4. The molecule has 26 heavy (non-hydrogen) atoms. The van der Waals surface area contributed by atoms with Crippen molar-refractivity contribution in [2.24, 2.45) is 0 Å². The van der Waals surface area contributed by atoms with E-state index in [0.717, 1.165) is 5.56 Å². The molecule has 1 heterocycles. The second-order valence-electron chi connectivity index (χ2n) is 6.74. The number of benzene rings is 2. The van der Waals surface area contributed by atoms with E-state index in [0.29, 0.717) is 36.0 Å². The number of para-hydroxylation sites is 1. The zero-order valence-corrected chi connectivity index (χ0v) is 16.7. The van der Waals surface area contributed by atoms with Gasteiger partial charge in [-0.25, -0.2) is 8.42 Å². The zero-order valence-electron chi connectivity index (χ0n) is 15.1. The molecule has 0 spiro atoms. The molecule has 0 radical (unpaired) electrons. The van der Waals surface area contributed by atoms with Crippen molar-refractivity contribution < 1.29 is 13.2 Å². The minimum atomic E-state index is -3.74. The van der Waals surface area contributed by atoms with E-state index < -0.39 is 10.0 Å². The van der Waals surface area contributed by atoms with Gasteiger partial charge >= 0.3 is 0 Å². The molecule has 0 fully saturated rings. The Bertz CT molecular complexity index is 885. The normalized spacial score (nSPS) is 16.4. The molecule has 1 aliphatic rings. The molecule has 1 atom stereocenters. The molecule has 7 heteroatoms. The first-order chi connectivity index (χ1) is 12.3. The highest BCUT2D eigenvalue weighted by molar-refractivity contribution is 7.92. The molecule has 1 aliphatic heterocycles. The van der Waals surface area contributed by atoms with E-state index >= 15 is 0 Å². The van der Waals surface area contributed by atoms with Crippen LogP contribution in [0.1, 0.15) is 12.5 Å². The molecule has 0 saturated carbocycles. The number of sulfonamides is 1. The van der Waals surface area contributed by atoms with E-state index in [1.165, 1.54) is 10.4 Å². The second-order valence-corrected chi connectivity index (χ2v) is 9.01. The Morgan fingerprint density at radius 1 is 1.15 bits per heavy atom. The molecule has 0 aromatic heterocycles. The fourth-order valence-corrected chi connectivity index (χ4v) is 4.89. The Hall–Kier alpha value is -1.76. The van der Waals surface area contributed by atoms with Gasteiger partial charge in [-0.15, -0.1) is 0 Å². The summed E-state index contributed by atoms with van der Waals surface area (Å²) in [5.74, 6) is 0.595. The first kappa shape index (κ1) is 19.0. The number of fused-ring (bicyclic) bond motifs is 1. The van der Waals surface area contributed by atoms with E-state index in [1.807, 2.05) is 44.1 Å². The minimum Gasteiger partial charge on any atom is -0.489 e. The lowest BCUT2D eigenvalue weighted by Crippen LogP contribution is -2.36. The molecule has 1 unspecified atom stereocenters. The van der Waals surface area contributed by atoms with E-state index in [1.54, 1.807) is 18.2 Å². The predicted molar refractivity (Wildman–Crippen MR) is 105 cm³/mol. The average Bonchev–Trinajstić information content (AvgIpc) is 2.96. The van der Waals surface area contributed by atoms with E-state index in [2.05, 4.69) is 0 Å². The second kappa shape index (κ2) is 7.47. The van der Waals surface area contributed by atoms with Gasteiger partial charge in [-0.3, -0.25) is 4.31 Å². The molecule has 2 aromatic carbocycles. The van der Waals surface area contributed by atoms with Gasteiger partial charge in [0.1, 0.15) is 11.9 Å². The molecular weight excluding hydrogens is 372 g/mol. The van der Waals surface area contributed by atoms with Gasteiger partial charge in [-0.05, 0) is 45.3 Å². The fraction of sp³-hybridized carbons (Fsp3) is 0.368. The van der Waals surface area contributed by atoms with Crippen LogP contribution in [-0.4, -0.2) is 46.6 Å². The smallest absolute Gasteiger partial charge is 0.264 e. The van der Waals surface area contributed by atoms with Gasteiger partial charge in [0.15, 0.2) is 0 Å². The van der Waals surface area contributed by atoms with Crippen LogP contribution >= 0.6 is 11.6 Å². The van der Waals surface area contributed by atoms with E-state index in [9.17, 15) is 8.42 Å². The lowest BCUT2D eigenvalue weighted by Gasteiger charge is -2.26. The largest absolute Gasteiger partial charge is 0.489 e. The highest BCUT2D eigenvalue weighted by Crippen LogP contribution is 2.39. The van der Waals surface area contributed by atoms with Crippen molar-refractivity contribution in [3.63, 3.8) is 0 Å². The summed E-state index contributed by atoms with van der Waals surface area (Å²) in [7, 11) is 0.0902. The third kappa shape index (κ3) is 3.82. The van der Waals surface area contributed by atoms with Crippen LogP contribution < -0.4 is 9.04 Å². The van der Waals surface area contributed by atoms with E-state index in [4.69, 9.17) is 16.3 Å². The summed E-state index contributed by atoms with van der Waals surface area (Å²) in [6.45, 7) is 2.89. The Labute approximate surface area is 160 Å². The number of nitrogens with zero attached hydrogens (tertiary/aromatic N) is 2. The van der Waals surface area contributed by atoms with Crippen LogP contribution in [0.5, 0.6) is 5.75 Å². The van der Waals surface area contributed by atoms with Crippen LogP contribution in [0, 0.1) is 0 Å². The van der Waals surface area contributed by atoms with Crippen molar-refractivity contribution in [1.29, 1.82) is 0 Å². The van der Waals surface area contributed by atoms with Gasteiger partial charge in [0, 0.05) is 25.1 Å². The van der Waals surface area contributed by atoms with Crippen molar-refractivity contribution in [1.82, 2.24) is 4.90 Å². The van der Waals surface area contributed by atoms with Gasteiger partial charge in [0.25, 0.3) is 10.0 Å². The van der Waals surface area contributed by atoms with Crippen LogP contribution in [0.4, 0.5) is 5.69 Å². The Balaban J connectivity index is 2.03. The highest BCUT2D eigenvalue weighted by atomic mass is 35.5. The summed E-state index contributed by atoms with van der Waals surface area (Å²) in [5, 5.41) is 0.339. The first-order valence-corrected chi connectivity index (χ1v) is 10.3. The van der Waals surface area contributed by atoms with Crippen LogP contribution in [0.25, 0.3) is 0 Å². The molecule has 0 aliphatic carbocycles. The van der Waals surface area contributed by atoms with E-state index in [-0.39, 0.29) is 11.0 Å². The molecule has 140 valence electrons. The quantitative estimate of drug-likeness (QED) is 0.753. The number of likely N-dealkylation sites (N-methyl/N-ethyl adjacent to an activating group) is 1. The molecule has 0 saturated heterocycles. The lowest BCUT2D eigenvalue weighted by molar-refractivity contribution is 0.255. The van der Waals surface area contributed by atoms with Crippen molar-refractivity contribution >= 4 is 27.3 Å². The fourth-order valence-electron chi connectivity index (χ4n) is 3.01. The molecule has 3 rings (SSSR count). The van der Waals surface area contributed by atoms with Gasteiger partial charge in [-0.1, -0.05) is 29.8 Å². The summed E-state index contributed by atoms with van der Waals surface area (Å²) in [6.07, 6.45) is 0.654. The summed E-state index contributed by atoms with van der Waals surface area (Å²) in [6, 6.07) is 12.3. The maximum absolute atomic E-state index is 13.4. The molecule has 2 aromatic rings. The monoisotopic (exact) mass is 394 g/mol. The SMILES string of the molecule is CC1Cc2cc(S(=O)(=O)N(CCN(C)C)c3ccccc3)cc(Cl)c2O1. The molecular formula is C19H23ClN2O3S. The lowest BCUT2D eigenvalue weighted by atomic mass is 10.1. The number of halogens is 1. The maximum Gasteiger partial charge on any atom is 0.264 e.